The normalized spacial score (nSPS) is 10.7. The molecule has 10 heteroatoms. The zero-order valence-corrected chi connectivity index (χ0v) is 18.2. The number of tetrazole rings is 1. The van der Waals surface area contributed by atoms with Crippen molar-refractivity contribution in [3.05, 3.63) is 76.7 Å². The maximum Gasteiger partial charge on any atom is 0.291 e. The highest BCUT2D eigenvalue weighted by molar-refractivity contribution is 9.10. The summed E-state index contributed by atoms with van der Waals surface area (Å²) in [6, 6.07) is 18.1. The third-order valence-electron chi connectivity index (χ3n) is 4.03. The molecule has 2 heterocycles. The van der Waals surface area contributed by atoms with Crippen LogP contribution in [0.15, 0.2) is 74.7 Å². The lowest BCUT2D eigenvalue weighted by atomic mass is 10.2. The Morgan fingerprint density at radius 2 is 2.07 bits per heavy atom. The number of ether oxygens (including phenoxy) is 1. The highest BCUT2D eigenvalue weighted by atomic mass is 79.9. The molecule has 0 unspecified atom stereocenters. The molecule has 2 aromatic heterocycles. The minimum Gasteiger partial charge on any atom is -0.486 e. The molecule has 30 heavy (non-hydrogen) atoms. The van der Waals surface area contributed by atoms with E-state index in [-0.39, 0.29) is 18.3 Å². The number of nitrogens with one attached hydrogen (secondary N) is 1. The molecule has 8 nitrogen and oxygen atoms in total. The largest absolute Gasteiger partial charge is 0.486 e. The van der Waals surface area contributed by atoms with Gasteiger partial charge >= 0.3 is 0 Å². The summed E-state index contributed by atoms with van der Waals surface area (Å²) >= 11 is 4.83. The van der Waals surface area contributed by atoms with Gasteiger partial charge in [0.05, 0.1) is 5.69 Å². The fraction of sp³-hybridized carbons (Fsp3) is 0.100. The minimum absolute atomic E-state index is 0.195. The van der Waals surface area contributed by atoms with Gasteiger partial charge in [-0.25, -0.2) is 0 Å². The van der Waals surface area contributed by atoms with Crippen LogP contribution in [-0.2, 0) is 6.61 Å². The van der Waals surface area contributed by atoms with Crippen LogP contribution in [0, 0.1) is 0 Å². The first-order valence-electron chi connectivity index (χ1n) is 8.83. The average molecular weight is 486 g/mol. The Morgan fingerprint density at radius 3 is 2.90 bits per heavy atom. The van der Waals surface area contributed by atoms with Gasteiger partial charge in [0.15, 0.2) is 5.76 Å². The van der Waals surface area contributed by atoms with Crippen molar-refractivity contribution < 1.29 is 13.9 Å². The van der Waals surface area contributed by atoms with Gasteiger partial charge in [0.25, 0.3) is 5.91 Å². The molecule has 0 saturated carbocycles. The highest BCUT2D eigenvalue weighted by Crippen LogP contribution is 2.21. The van der Waals surface area contributed by atoms with Crippen molar-refractivity contribution in [3.8, 4) is 11.4 Å². The molecule has 0 aliphatic rings. The van der Waals surface area contributed by atoms with Gasteiger partial charge in [0.2, 0.25) is 5.16 Å². The van der Waals surface area contributed by atoms with Crippen LogP contribution in [0.1, 0.15) is 16.3 Å². The Morgan fingerprint density at radius 1 is 1.20 bits per heavy atom. The van der Waals surface area contributed by atoms with Crippen molar-refractivity contribution in [2.24, 2.45) is 0 Å². The predicted octanol–water partition coefficient (Wildman–Crippen LogP) is 4.57. The van der Waals surface area contributed by atoms with E-state index in [0.29, 0.717) is 22.4 Å². The molecular formula is C20H16BrN5O3S. The van der Waals surface area contributed by atoms with Crippen molar-refractivity contribution in [1.29, 1.82) is 0 Å². The fourth-order valence-electron chi connectivity index (χ4n) is 2.67. The Hall–Kier alpha value is -3.11. The summed E-state index contributed by atoms with van der Waals surface area (Å²) in [5.74, 6) is 1.09. The number of thioether (sulfide) groups is 1. The molecule has 0 bridgehead atoms. The highest BCUT2D eigenvalue weighted by Gasteiger charge is 2.13. The van der Waals surface area contributed by atoms with Crippen molar-refractivity contribution in [1.82, 2.24) is 20.2 Å². The quantitative estimate of drug-likeness (QED) is 0.383. The lowest BCUT2D eigenvalue weighted by molar-refractivity contribution is 0.0992. The van der Waals surface area contributed by atoms with Crippen LogP contribution in [0.25, 0.3) is 5.69 Å². The number of rotatable bonds is 7. The maximum atomic E-state index is 12.6. The van der Waals surface area contributed by atoms with Gasteiger partial charge in [-0.1, -0.05) is 39.8 Å². The van der Waals surface area contributed by atoms with Gasteiger partial charge in [-0.3, -0.25) is 4.79 Å². The van der Waals surface area contributed by atoms with Gasteiger partial charge < -0.3 is 14.5 Å². The zero-order valence-electron chi connectivity index (χ0n) is 15.8. The number of benzene rings is 2. The Bertz CT molecular complexity index is 1180. The van der Waals surface area contributed by atoms with E-state index in [0.717, 1.165) is 10.2 Å². The predicted molar refractivity (Wildman–Crippen MR) is 116 cm³/mol. The molecule has 0 aliphatic carbocycles. The molecule has 1 N–H and O–H groups in total. The Balaban J connectivity index is 1.42. The van der Waals surface area contributed by atoms with Gasteiger partial charge in [-0.15, -0.1) is 5.10 Å². The smallest absolute Gasteiger partial charge is 0.291 e. The van der Waals surface area contributed by atoms with Crippen LogP contribution in [0.3, 0.4) is 0 Å². The Kier molecular flexibility index (Phi) is 6.15. The molecule has 0 atom stereocenters. The van der Waals surface area contributed by atoms with E-state index in [9.17, 15) is 4.79 Å². The van der Waals surface area contributed by atoms with Gasteiger partial charge in [-0.2, -0.15) is 4.68 Å². The van der Waals surface area contributed by atoms with Crippen LogP contribution < -0.4 is 10.1 Å². The number of carbonyl (C=O) groups excluding carboxylic acids is 1. The number of aromatic nitrogens is 4. The van der Waals surface area contributed by atoms with Gasteiger partial charge in [0.1, 0.15) is 18.1 Å². The summed E-state index contributed by atoms with van der Waals surface area (Å²) in [6.45, 7) is 0.218. The SMILES string of the molecule is CSc1nnnn1-c1cccc(NC(=O)c2ccc(COc3cccc(Br)c3)o2)c1. The standard InChI is InChI=1S/C20H16BrN5O3S/c1-30-20-23-24-25-26(20)15-6-3-5-14(11-15)22-19(27)18-9-8-17(29-18)12-28-16-7-2-4-13(21)10-16/h2-11H,12H2,1H3,(H,22,27). The summed E-state index contributed by atoms with van der Waals surface area (Å²) in [6.07, 6.45) is 1.89. The summed E-state index contributed by atoms with van der Waals surface area (Å²) in [4.78, 5) is 12.6. The molecule has 4 rings (SSSR count). The third-order valence-corrected chi connectivity index (χ3v) is 5.15. The Labute approximate surface area is 184 Å². The van der Waals surface area contributed by atoms with E-state index in [1.54, 1.807) is 28.9 Å². The molecule has 152 valence electrons. The van der Waals surface area contributed by atoms with Crippen molar-refractivity contribution in [3.63, 3.8) is 0 Å². The van der Waals surface area contributed by atoms with E-state index in [1.807, 2.05) is 42.7 Å². The molecule has 0 spiro atoms. The van der Waals surface area contributed by atoms with Crippen molar-refractivity contribution in [2.45, 2.75) is 11.8 Å². The molecule has 0 fully saturated rings. The second-order valence-corrected chi connectivity index (χ2v) is 7.78. The first-order valence-corrected chi connectivity index (χ1v) is 10.9. The first-order chi connectivity index (χ1) is 14.6. The van der Waals surface area contributed by atoms with Crippen LogP contribution >= 0.6 is 27.7 Å². The topological polar surface area (TPSA) is 95.1 Å². The van der Waals surface area contributed by atoms with E-state index < -0.39 is 0 Å². The van der Waals surface area contributed by atoms with Crippen molar-refractivity contribution >= 4 is 39.3 Å². The number of nitrogens with zero attached hydrogens (tertiary/aromatic N) is 4. The molecule has 2 aromatic carbocycles. The first kappa shape index (κ1) is 20.2. The minimum atomic E-state index is -0.359. The lowest BCUT2D eigenvalue weighted by Gasteiger charge is -2.07. The third kappa shape index (κ3) is 4.71. The summed E-state index contributed by atoms with van der Waals surface area (Å²) in [5, 5.41) is 15.1. The molecule has 4 aromatic rings. The number of furan rings is 1. The summed E-state index contributed by atoms with van der Waals surface area (Å²) in [7, 11) is 0. The number of carbonyl (C=O) groups is 1. The molecule has 0 radical (unpaired) electrons. The van der Waals surface area contributed by atoms with Crippen LogP contribution in [0.5, 0.6) is 5.75 Å². The van der Waals surface area contributed by atoms with E-state index >= 15 is 0 Å². The summed E-state index contributed by atoms with van der Waals surface area (Å²) in [5.41, 5.74) is 1.34. The maximum absolute atomic E-state index is 12.6. The second kappa shape index (κ2) is 9.14. The number of hydrogen-bond donors (Lipinski definition) is 1. The number of hydrogen-bond acceptors (Lipinski definition) is 7. The van der Waals surface area contributed by atoms with Gasteiger partial charge in [-0.05, 0) is 65.2 Å². The number of amides is 1. The van der Waals surface area contributed by atoms with Crippen LogP contribution in [0.2, 0.25) is 0 Å². The zero-order chi connectivity index (χ0) is 20.9. The average Bonchev–Trinajstić information content (AvgIpc) is 3.42. The van der Waals surface area contributed by atoms with E-state index in [1.165, 1.54) is 11.8 Å². The summed E-state index contributed by atoms with van der Waals surface area (Å²) < 4.78 is 13.8. The van der Waals surface area contributed by atoms with Crippen molar-refractivity contribution in [2.75, 3.05) is 11.6 Å². The number of halogens is 1. The number of anilines is 1. The van der Waals surface area contributed by atoms with Crippen LogP contribution in [-0.4, -0.2) is 32.4 Å². The van der Waals surface area contributed by atoms with Crippen LogP contribution in [0.4, 0.5) is 5.69 Å². The van der Waals surface area contributed by atoms with E-state index in [2.05, 4.69) is 36.8 Å². The fourth-order valence-corrected chi connectivity index (χ4v) is 3.48. The lowest BCUT2D eigenvalue weighted by Crippen LogP contribution is -2.11. The molecular weight excluding hydrogens is 470 g/mol. The molecule has 1 amide bonds. The molecule has 0 aliphatic heterocycles. The van der Waals surface area contributed by atoms with E-state index in [4.69, 9.17) is 9.15 Å². The second-order valence-electron chi connectivity index (χ2n) is 6.09. The monoisotopic (exact) mass is 485 g/mol. The molecule has 0 saturated heterocycles. The van der Waals surface area contributed by atoms with Gasteiger partial charge in [0, 0.05) is 10.2 Å².